The SMILES string of the molecule is C1CCCC(Nc2nnc(CNC3CC3)o2)CCC1. The molecular weight excluding hydrogens is 240 g/mol. The Balaban J connectivity index is 1.47. The van der Waals surface area contributed by atoms with Crippen LogP contribution in [0.25, 0.3) is 0 Å². The molecule has 0 bridgehead atoms. The molecule has 0 saturated heterocycles. The van der Waals surface area contributed by atoms with Crippen LogP contribution in [0, 0.1) is 0 Å². The summed E-state index contributed by atoms with van der Waals surface area (Å²) >= 11 is 0. The van der Waals surface area contributed by atoms with Gasteiger partial charge in [-0.3, -0.25) is 0 Å². The van der Waals surface area contributed by atoms with Crippen LogP contribution in [0.4, 0.5) is 6.01 Å². The Labute approximate surface area is 114 Å². The number of hydrogen-bond acceptors (Lipinski definition) is 5. The van der Waals surface area contributed by atoms with Gasteiger partial charge in [-0.1, -0.05) is 37.2 Å². The minimum absolute atomic E-state index is 0.505. The highest BCUT2D eigenvalue weighted by Crippen LogP contribution is 2.21. The molecule has 1 aromatic heterocycles. The third-order valence-corrected chi connectivity index (χ3v) is 4.02. The number of anilines is 1. The third kappa shape index (κ3) is 4.20. The molecule has 2 N–H and O–H groups in total. The lowest BCUT2D eigenvalue weighted by molar-refractivity contribution is 0.443. The maximum absolute atomic E-state index is 5.64. The summed E-state index contributed by atoms with van der Waals surface area (Å²) in [7, 11) is 0. The highest BCUT2D eigenvalue weighted by molar-refractivity contribution is 5.19. The van der Waals surface area contributed by atoms with Crippen LogP contribution in [0.5, 0.6) is 0 Å². The smallest absolute Gasteiger partial charge is 0.315 e. The van der Waals surface area contributed by atoms with Gasteiger partial charge in [-0.15, -0.1) is 5.10 Å². The topological polar surface area (TPSA) is 63.0 Å². The first kappa shape index (κ1) is 12.9. The normalized spacial score (nSPS) is 21.9. The van der Waals surface area contributed by atoms with Crippen molar-refractivity contribution in [2.24, 2.45) is 0 Å². The van der Waals surface area contributed by atoms with Crippen LogP contribution < -0.4 is 10.6 Å². The first-order chi connectivity index (χ1) is 9.40. The van der Waals surface area contributed by atoms with Crippen molar-refractivity contribution in [2.75, 3.05) is 5.32 Å². The van der Waals surface area contributed by atoms with E-state index in [1.165, 1.54) is 57.8 Å². The maximum Gasteiger partial charge on any atom is 0.315 e. The first-order valence-corrected chi connectivity index (χ1v) is 7.72. The van der Waals surface area contributed by atoms with Gasteiger partial charge in [0.05, 0.1) is 6.54 Å². The molecule has 0 radical (unpaired) electrons. The number of nitrogens with zero attached hydrogens (tertiary/aromatic N) is 2. The van der Waals surface area contributed by atoms with E-state index in [1.54, 1.807) is 0 Å². The van der Waals surface area contributed by atoms with Gasteiger partial charge < -0.3 is 15.1 Å². The number of rotatable bonds is 5. The number of nitrogens with one attached hydrogen (secondary N) is 2. The van der Waals surface area contributed by atoms with Crippen molar-refractivity contribution in [3.63, 3.8) is 0 Å². The van der Waals surface area contributed by atoms with Crippen LogP contribution >= 0.6 is 0 Å². The van der Waals surface area contributed by atoms with Gasteiger partial charge in [0.15, 0.2) is 0 Å². The van der Waals surface area contributed by atoms with E-state index < -0.39 is 0 Å². The van der Waals surface area contributed by atoms with E-state index >= 15 is 0 Å². The maximum atomic E-state index is 5.64. The van der Waals surface area contributed by atoms with Crippen LogP contribution in [-0.2, 0) is 6.54 Å². The minimum Gasteiger partial charge on any atom is -0.407 e. The van der Waals surface area contributed by atoms with Crippen LogP contribution in [0.3, 0.4) is 0 Å². The predicted octanol–water partition coefficient (Wildman–Crippen LogP) is 2.85. The quantitative estimate of drug-likeness (QED) is 0.856. The largest absolute Gasteiger partial charge is 0.407 e. The second-order valence-corrected chi connectivity index (χ2v) is 5.84. The average molecular weight is 264 g/mol. The molecule has 2 fully saturated rings. The molecule has 2 aliphatic rings. The van der Waals surface area contributed by atoms with Gasteiger partial charge in [0.25, 0.3) is 0 Å². The Kier molecular flexibility index (Phi) is 4.33. The Bertz CT molecular complexity index is 381. The Morgan fingerprint density at radius 1 is 0.895 bits per heavy atom. The van der Waals surface area contributed by atoms with Crippen LogP contribution in [-0.4, -0.2) is 22.3 Å². The molecule has 5 nitrogen and oxygen atoms in total. The van der Waals surface area contributed by atoms with Gasteiger partial charge in [0.1, 0.15) is 0 Å². The minimum atomic E-state index is 0.505. The Hall–Kier alpha value is -1.10. The fourth-order valence-corrected chi connectivity index (χ4v) is 2.68. The summed E-state index contributed by atoms with van der Waals surface area (Å²) in [5, 5.41) is 15.0. The van der Waals surface area contributed by atoms with E-state index in [2.05, 4.69) is 20.8 Å². The zero-order chi connectivity index (χ0) is 12.9. The standard InChI is InChI=1S/C14H24N4O/c1-2-4-6-12(7-5-3-1)16-14-18-17-13(19-14)10-15-11-8-9-11/h11-12,15H,1-10H2,(H,16,18). The molecule has 0 aliphatic heterocycles. The molecule has 2 saturated carbocycles. The van der Waals surface area contributed by atoms with E-state index in [1.807, 2.05) is 0 Å². The van der Waals surface area contributed by atoms with Gasteiger partial charge in [0, 0.05) is 12.1 Å². The second kappa shape index (κ2) is 6.37. The molecule has 0 atom stereocenters. The Morgan fingerprint density at radius 2 is 1.63 bits per heavy atom. The fourth-order valence-electron chi connectivity index (χ4n) is 2.68. The zero-order valence-corrected chi connectivity index (χ0v) is 11.5. The zero-order valence-electron chi connectivity index (χ0n) is 11.5. The summed E-state index contributed by atoms with van der Waals surface area (Å²) in [5.41, 5.74) is 0. The summed E-state index contributed by atoms with van der Waals surface area (Å²) in [6.07, 6.45) is 11.7. The number of hydrogen-bond donors (Lipinski definition) is 2. The highest BCUT2D eigenvalue weighted by atomic mass is 16.4. The highest BCUT2D eigenvalue weighted by Gasteiger charge is 2.21. The summed E-state index contributed by atoms with van der Waals surface area (Å²) in [5.74, 6) is 0.695. The van der Waals surface area contributed by atoms with Crippen molar-refractivity contribution >= 4 is 6.01 Å². The van der Waals surface area contributed by atoms with Crippen molar-refractivity contribution in [2.45, 2.75) is 76.4 Å². The fraction of sp³-hybridized carbons (Fsp3) is 0.857. The summed E-state index contributed by atoms with van der Waals surface area (Å²) < 4.78 is 5.64. The first-order valence-electron chi connectivity index (χ1n) is 7.72. The van der Waals surface area contributed by atoms with Crippen molar-refractivity contribution in [3.05, 3.63) is 5.89 Å². The molecule has 2 aliphatic carbocycles. The molecular formula is C14H24N4O. The van der Waals surface area contributed by atoms with Gasteiger partial charge in [-0.05, 0) is 25.7 Å². The lowest BCUT2D eigenvalue weighted by Gasteiger charge is -2.19. The molecule has 1 aromatic rings. The molecule has 1 heterocycles. The summed E-state index contributed by atoms with van der Waals surface area (Å²) in [4.78, 5) is 0. The van der Waals surface area contributed by atoms with E-state index in [-0.39, 0.29) is 0 Å². The van der Waals surface area contributed by atoms with E-state index in [0.29, 0.717) is 30.5 Å². The lowest BCUT2D eigenvalue weighted by atomic mass is 9.97. The third-order valence-electron chi connectivity index (χ3n) is 4.02. The predicted molar refractivity (Wildman–Crippen MR) is 73.9 cm³/mol. The molecule has 0 unspecified atom stereocenters. The molecule has 0 amide bonds. The van der Waals surface area contributed by atoms with Crippen LogP contribution in [0.1, 0.15) is 63.7 Å². The lowest BCUT2D eigenvalue weighted by Crippen LogP contribution is -2.20. The Morgan fingerprint density at radius 3 is 2.37 bits per heavy atom. The second-order valence-electron chi connectivity index (χ2n) is 5.84. The molecule has 3 rings (SSSR count). The van der Waals surface area contributed by atoms with Gasteiger partial charge in [-0.25, -0.2) is 0 Å². The van der Waals surface area contributed by atoms with E-state index in [9.17, 15) is 0 Å². The van der Waals surface area contributed by atoms with Gasteiger partial charge in [-0.2, -0.15) is 0 Å². The average Bonchev–Trinajstić information content (AvgIpc) is 3.10. The molecule has 106 valence electrons. The van der Waals surface area contributed by atoms with Crippen molar-refractivity contribution in [1.29, 1.82) is 0 Å². The molecule has 0 aromatic carbocycles. The van der Waals surface area contributed by atoms with Gasteiger partial charge >= 0.3 is 6.01 Å². The summed E-state index contributed by atoms with van der Waals surface area (Å²) in [6, 6.07) is 1.78. The molecule has 5 heteroatoms. The van der Waals surface area contributed by atoms with Gasteiger partial charge in [0.2, 0.25) is 5.89 Å². The molecule has 19 heavy (non-hydrogen) atoms. The van der Waals surface area contributed by atoms with E-state index in [0.717, 1.165) is 0 Å². The van der Waals surface area contributed by atoms with Crippen molar-refractivity contribution < 1.29 is 4.42 Å². The molecule has 0 spiro atoms. The van der Waals surface area contributed by atoms with E-state index in [4.69, 9.17) is 4.42 Å². The van der Waals surface area contributed by atoms with Crippen molar-refractivity contribution in [3.8, 4) is 0 Å². The van der Waals surface area contributed by atoms with Crippen molar-refractivity contribution in [1.82, 2.24) is 15.5 Å². The summed E-state index contributed by atoms with van der Waals surface area (Å²) in [6.45, 7) is 0.698. The number of aromatic nitrogens is 2. The van der Waals surface area contributed by atoms with Crippen LogP contribution in [0.15, 0.2) is 4.42 Å². The monoisotopic (exact) mass is 264 g/mol. The van der Waals surface area contributed by atoms with Crippen LogP contribution in [0.2, 0.25) is 0 Å².